The fraction of sp³-hybridized carbons (Fsp3) is 0.400. The van der Waals surface area contributed by atoms with Crippen LogP contribution in [-0.4, -0.2) is 23.2 Å². The molecular weight excluding hydrogens is 322 g/mol. The molecule has 0 aliphatic heterocycles. The Balaban J connectivity index is 1.78. The van der Waals surface area contributed by atoms with Gasteiger partial charge in [0.1, 0.15) is 5.58 Å². The van der Waals surface area contributed by atoms with E-state index in [0.717, 1.165) is 35.5 Å². The molecule has 1 aliphatic rings. The molecule has 0 bridgehead atoms. The number of benzene rings is 1. The van der Waals surface area contributed by atoms with Gasteiger partial charge in [-0.2, -0.15) is 0 Å². The van der Waals surface area contributed by atoms with Gasteiger partial charge in [0.2, 0.25) is 0 Å². The average molecular weight is 338 g/mol. The number of rotatable bonds is 2. The predicted molar refractivity (Wildman–Crippen MR) is 79.6 cm³/mol. The molecular formula is C15H16BrNO3. The summed E-state index contributed by atoms with van der Waals surface area (Å²) in [6.07, 6.45) is 3.17. The Bertz CT molecular complexity index is 637. The van der Waals surface area contributed by atoms with Gasteiger partial charge < -0.3 is 14.8 Å². The van der Waals surface area contributed by atoms with Crippen LogP contribution < -0.4 is 5.32 Å². The van der Waals surface area contributed by atoms with Gasteiger partial charge in [-0.1, -0.05) is 28.8 Å². The minimum absolute atomic E-state index is 0.170. The highest BCUT2D eigenvalue weighted by atomic mass is 79.9. The molecule has 0 saturated heterocycles. The zero-order valence-corrected chi connectivity index (χ0v) is 12.5. The van der Waals surface area contributed by atoms with Gasteiger partial charge in [-0.05, 0) is 37.1 Å². The van der Waals surface area contributed by atoms with Crippen LogP contribution >= 0.6 is 15.9 Å². The Morgan fingerprint density at radius 1 is 1.30 bits per heavy atom. The first-order chi connectivity index (χ1) is 9.63. The molecule has 4 nitrogen and oxygen atoms in total. The smallest absolute Gasteiger partial charge is 0.287 e. The maximum atomic E-state index is 12.2. The molecule has 2 unspecified atom stereocenters. The van der Waals surface area contributed by atoms with Crippen LogP contribution in [0.15, 0.2) is 33.2 Å². The van der Waals surface area contributed by atoms with Crippen molar-refractivity contribution < 1.29 is 14.3 Å². The molecule has 1 amide bonds. The lowest BCUT2D eigenvalue weighted by molar-refractivity contribution is 0.0699. The number of carbonyl (C=O) groups is 1. The van der Waals surface area contributed by atoms with E-state index in [0.29, 0.717) is 5.58 Å². The topological polar surface area (TPSA) is 62.5 Å². The molecule has 5 heteroatoms. The monoisotopic (exact) mass is 337 g/mol. The van der Waals surface area contributed by atoms with E-state index in [1.165, 1.54) is 0 Å². The molecule has 1 aromatic carbocycles. The highest BCUT2D eigenvalue weighted by Gasteiger charge is 2.25. The number of furan rings is 1. The molecule has 2 atom stereocenters. The Morgan fingerprint density at radius 3 is 2.90 bits per heavy atom. The summed E-state index contributed by atoms with van der Waals surface area (Å²) in [7, 11) is 0. The quantitative estimate of drug-likeness (QED) is 0.884. The fourth-order valence-electron chi connectivity index (χ4n) is 2.65. The fourth-order valence-corrected chi connectivity index (χ4v) is 3.02. The molecule has 20 heavy (non-hydrogen) atoms. The zero-order chi connectivity index (χ0) is 14.1. The van der Waals surface area contributed by atoms with Gasteiger partial charge >= 0.3 is 0 Å². The van der Waals surface area contributed by atoms with Crippen molar-refractivity contribution in [1.82, 2.24) is 5.32 Å². The summed E-state index contributed by atoms with van der Waals surface area (Å²) in [5.41, 5.74) is 0.683. The van der Waals surface area contributed by atoms with Crippen molar-refractivity contribution in [3.8, 4) is 0 Å². The minimum Gasteiger partial charge on any atom is -0.451 e. The van der Waals surface area contributed by atoms with Crippen LogP contribution in [0.2, 0.25) is 0 Å². The van der Waals surface area contributed by atoms with Gasteiger partial charge in [0.15, 0.2) is 5.76 Å². The molecule has 3 rings (SSSR count). The first-order valence-electron chi connectivity index (χ1n) is 6.81. The second-order valence-electron chi connectivity index (χ2n) is 5.22. The van der Waals surface area contributed by atoms with Crippen molar-refractivity contribution >= 4 is 32.8 Å². The molecule has 106 valence electrons. The lowest BCUT2D eigenvalue weighted by Gasteiger charge is -2.27. The summed E-state index contributed by atoms with van der Waals surface area (Å²) in [4.78, 5) is 12.2. The van der Waals surface area contributed by atoms with Crippen molar-refractivity contribution in [1.29, 1.82) is 0 Å². The number of hydrogen-bond donors (Lipinski definition) is 2. The maximum Gasteiger partial charge on any atom is 0.287 e. The van der Waals surface area contributed by atoms with Crippen LogP contribution in [-0.2, 0) is 0 Å². The van der Waals surface area contributed by atoms with Crippen LogP contribution in [0.3, 0.4) is 0 Å². The van der Waals surface area contributed by atoms with Gasteiger partial charge in [0.25, 0.3) is 5.91 Å². The number of nitrogens with one attached hydrogen (secondary N) is 1. The Kier molecular flexibility index (Phi) is 3.81. The lowest BCUT2D eigenvalue weighted by Crippen LogP contribution is -2.44. The van der Waals surface area contributed by atoms with Gasteiger partial charge in [0, 0.05) is 9.86 Å². The van der Waals surface area contributed by atoms with E-state index in [4.69, 9.17) is 4.42 Å². The van der Waals surface area contributed by atoms with E-state index in [1.807, 2.05) is 18.2 Å². The number of aliphatic hydroxyl groups excluding tert-OH is 1. The van der Waals surface area contributed by atoms with Gasteiger partial charge in [0.05, 0.1) is 12.1 Å². The van der Waals surface area contributed by atoms with Gasteiger partial charge in [-0.25, -0.2) is 0 Å². The van der Waals surface area contributed by atoms with Crippen LogP contribution in [0.25, 0.3) is 11.0 Å². The molecule has 2 aromatic rings. The van der Waals surface area contributed by atoms with E-state index in [2.05, 4.69) is 21.2 Å². The van der Waals surface area contributed by atoms with E-state index in [9.17, 15) is 9.90 Å². The Labute approximate surface area is 125 Å². The van der Waals surface area contributed by atoms with Crippen LogP contribution in [0.4, 0.5) is 0 Å². The first-order valence-corrected chi connectivity index (χ1v) is 7.61. The lowest BCUT2D eigenvalue weighted by atomic mass is 9.92. The SMILES string of the molecule is O=C(NC1CCCCC1O)c1cc2cc(Br)ccc2o1. The van der Waals surface area contributed by atoms with Crippen molar-refractivity contribution in [2.75, 3.05) is 0 Å². The number of carbonyl (C=O) groups excluding carboxylic acids is 1. The largest absolute Gasteiger partial charge is 0.451 e. The zero-order valence-electron chi connectivity index (χ0n) is 10.9. The van der Waals surface area contributed by atoms with Crippen molar-refractivity contribution in [2.45, 2.75) is 37.8 Å². The molecule has 1 fully saturated rings. The van der Waals surface area contributed by atoms with E-state index in [1.54, 1.807) is 6.07 Å². The molecule has 0 radical (unpaired) electrons. The summed E-state index contributed by atoms with van der Waals surface area (Å²) < 4.78 is 6.49. The first kappa shape index (κ1) is 13.6. The summed E-state index contributed by atoms with van der Waals surface area (Å²) in [6, 6.07) is 7.16. The highest BCUT2D eigenvalue weighted by molar-refractivity contribution is 9.10. The molecule has 1 aromatic heterocycles. The minimum atomic E-state index is -0.453. The summed E-state index contributed by atoms with van der Waals surface area (Å²) in [5, 5.41) is 13.6. The predicted octanol–water partition coefficient (Wildman–Crippen LogP) is 3.23. The molecule has 2 N–H and O–H groups in total. The Morgan fingerprint density at radius 2 is 2.10 bits per heavy atom. The normalized spacial score (nSPS) is 22.9. The number of amides is 1. The second-order valence-corrected chi connectivity index (χ2v) is 6.14. The maximum absolute atomic E-state index is 12.2. The number of aliphatic hydroxyl groups is 1. The van der Waals surface area contributed by atoms with Crippen molar-refractivity contribution in [3.05, 3.63) is 34.5 Å². The van der Waals surface area contributed by atoms with Crippen LogP contribution in [0.1, 0.15) is 36.2 Å². The van der Waals surface area contributed by atoms with Crippen molar-refractivity contribution in [3.63, 3.8) is 0 Å². The van der Waals surface area contributed by atoms with E-state index < -0.39 is 6.10 Å². The summed E-state index contributed by atoms with van der Waals surface area (Å²) in [6.45, 7) is 0. The molecule has 1 heterocycles. The third-order valence-electron chi connectivity index (χ3n) is 3.75. The van der Waals surface area contributed by atoms with E-state index in [-0.39, 0.29) is 17.7 Å². The van der Waals surface area contributed by atoms with E-state index >= 15 is 0 Å². The highest BCUT2D eigenvalue weighted by Crippen LogP contribution is 2.24. The summed E-state index contributed by atoms with van der Waals surface area (Å²) >= 11 is 3.39. The van der Waals surface area contributed by atoms with Crippen LogP contribution in [0, 0.1) is 0 Å². The molecule has 1 saturated carbocycles. The average Bonchev–Trinajstić information content (AvgIpc) is 2.84. The number of halogens is 1. The standard InChI is InChI=1S/C15H16BrNO3/c16-10-5-6-13-9(7-10)8-14(20-13)15(19)17-11-3-1-2-4-12(11)18/h5-8,11-12,18H,1-4H2,(H,17,19). The molecule has 1 aliphatic carbocycles. The van der Waals surface area contributed by atoms with Gasteiger partial charge in [-0.3, -0.25) is 4.79 Å². The Hall–Kier alpha value is -1.33. The second kappa shape index (κ2) is 5.58. The third kappa shape index (κ3) is 2.74. The van der Waals surface area contributed by atoms with Crippen LogP contribution in [0.5, 0.6) is 0 Å². The number of fused-ring (bicyclic) bond motifs is 1. The molecule has 0 spiro atoms. The number of hydrogen-bond acceptors (Lipinski definition) is 3. The van der Waals surface area contributed by atoms with Gasteiger partial charge in [-0.15, -0.1) is 0 Å². The summed E-state index contributed by atoms with van der Waals surface area (Å²) in [5.74, 6) is 0.0270. The van der Waals surface area contributed by atoms with Crippen molar-refractivity contribution in [2.24, 2.45) is 0 Å². The third-order valence-corrected chi connectivity index (χ3v) is 4.24.